The summed E-state index contributed by atoms with van der Waals surface area (Å²) in [4.78, 5) is 9.15. The van der Waals surface area contributed by atoms with Gasteiger partial charge in [-0.25, -0.2) is 0 Å². The van der Waals surface area contributed by atoms with Crippen molar-refractivity contribution >= 4 is 17.3 Å². The first kappa shape index (κ1) is 12.7. The molecule has 0 saturated carbocycles. The van der Waals surface area contributed by atoms with Crippen LogP contribution in [0.15, 0.2) is 12.3 Å². The van der Waals surface area contributed by atoms with E-state index in [9.17, 15) is 0 Å². The summed E-state index contributed by atoms with van der Waals surface area (Å²) in [7, 11) is 2.17. The van der Waals surface area contributed by atoms with E-state index >= 15 is 0 Å². The first-order valence-corrected chi connectivity index (χ1v) is 6.62. The van der Waals surface area contributed by atoms with Crippen molar-refractivity contribution in [1.29, 1.82) is 0 Å². The second-order valence-corrected chi connectivity index (χ2v) is 5.16. The number of nitrogens with zero attached hydrogens (tertiary/aromatic N) is 3. The van der Waals surface area contributed by atoms with Gasteiger partial charge in [-0.3, -0.25) is 4.98 Å². The second-order valence-electron chi connectivity index (χ2n) is 4.89. The van der Waals surface area contributed by atoms with Gasteiger partial charge in [0.15, 0.2) is 0 Å². The number of alkyl halides is 1. The molecule has 2 heterocycles. The third-order valence-electron chi connectivity index (χ3n) is 3.38. The van der Waals surface area contributed by atoms with E-state index in [0.717, 1.165) is 30.9 Å². The van der Waals surface area contributed by atoms with E-state index in [1.807, 2.05) is 13.1 Å². The van der Waals surface area contributed by atoms with E-state index in [1.165, 1.54) is 5.69 Å². The van der Waals surface area contributed by atoms with Gasteiger partial charge in [0.2, 0.25) is 0 Å². The van der Waals surface area contributed by atoms with Crippen molar-refractivity contribution in [3.8, 4) is 0 Å². The van der Waals surface area contributed by atoms with Crippen molar-refractivity contribution < 1.29 is 0 Å². The summed E-state index contributed by atoms with van der Waals surface area (Å²) in [5.41, 5.74) is 3.45. The fraction of sp³-hybridized carbons (Fsp3) is 0.615. The van der Waals surface area contributed by atoms with Gasteiger partial charge in [-0.15, -0.1) is 11.6 Å². The molecule has 1 unspecified atom stereocenters. The molecule has 0 aliphatic carbocycles. The molecule has 2 rings (SSSR count). The van der Waals surface area contributed by atoms with Crippen LogP contribution in [0.1, 0.15) is 18.2 Å². The van der Waals surface area contributed by atoms with Crippen molar-refractivity contribution in [3.05, 3.63) is 23.5 Å². The van der Waals surface area contributed by atoms with Crippen LogP contribution in [0.2, 0.25) is 0 Å². The molecule has 1 aromatic heterocycles. The van der Waals surface area contributed by atoms with Crippen LogP contribution < -0.4 is 4.90 Å². The fourth-order valence-corrected chi connectivity index (χ4v) is 2.65. The Morgan fingerprint density at radius 2 is 2.24 bits per heavy atom. The molecule has 17 heavy (non-hydrogen) atoms. The summed E-state index contributed by atoms with van der Waals surface area (Å²) in [6.45, 7) is 7.56. The zero-order chi connectivity index (χ0) is 12.4. The summed E-state index contributed by atoms with van der Waals surface area (Å²) in [6, 6.07) is 2.68. The molecule has 1 aliphatic heterocycles. The maximum Gasteiger partial charge on any atom is 0.0509 e. The Balaban J connectivity index is 2.29. The summed E-state index contributed by atoms with van der Waals surface area (Å²) < 4.78 is 0. The Labute approximate surface area is 108 Å². The van der Waals surface area contributed by atoms with Gasteiger partial charge in [-0.2, -0.15) is 0 Å². The number of pyridine rings is 1. The Morgan fingerprint density at radius 3 is 2.88 bits per heavy atom. The molecule has 0 N–H and O–H groups in total. The Hall–Kier alpha value is -0.800. The van der Waals surface area contributed by atoms with Gasteiger partial charge < -0.3 is 9.80 Å². The molecular weight excluding hydrogens is 234 g/mol. The zero-order valence-corrected chi connectivity index (χ0v) is 11.5. The highest BCUT2D eigenvalue weighted by atomic mass is 35.5. The van der Waals surface area contributed by atoms with E-state index < -0.39 is 0 Å². The average Bonchev–Trinajstić information content (AvgIpc) is 2.29. The van der Waals surface area contributed by atoms with Crippen LogP contribution in [0.3, 0.4) is 0 Å². The molecule has 4 heteroatoms. The Kier molecular flexibility index (Phi) is 3.89. The third kappa shape index (κ3) is 2.72. The van der Waals surface area contributed by atoms with E-state index in [0.29, 0.717) is 11.9 Å². The van der Waals surface area contributed by atoms with Gasteiger partial charge in [0, 0.05) is 48.8 Å². The quantitative estimate of drug-likeness (QED) is 0.754. The van der Waals surface area contributed by atoms with Crippen LogP contribution >= 0.6 is 11.6 Å². The normalized spacial score (nSPS) is 21.9. The van der Waals surface area contributed by atoms with Crippen molar-refractivity contribution in [2.24, 2.45) is 0 Å². The fourth-order valence-electron chi connectivity index (χ4n) is 2.44. The number of halogens is 1. The minimum absolute atomic E-state index is 0.525. The molecule has 3 nitrogen and oxygen atoms in total. The molecule has 0 aromatic carbocycles. The molecule has 1 fully saturated rings. The van der Waals surface area contributed by atoms with Gasteiger partial charge in [0.1, 0.15) is 0 Å². The molecule has 1 atom stereocenters. The van der Waals surface area contributed by atoms with Crippen molar-refractivity contribution in [3.63, 3.8) is 0 Å². The van der Waals surface area contributed by atoms with E-state index in [4.69, 9.17) is 11.6 Å². The number of hydrogen-bond acceptors (Lipinski definition) is 3. The highest BCUT2D eigenvalue weighted by Gasteiger charge is 2.23. The van der Waals surface area contributed by atoms with E-state index in [-0.39, 0.29) is 0 Å². The molecule has 1 aliphatic rings. The zero-order valence-electron chi connectivity index (χ0n) is 10.8. The highest BCUT2D eigenvalue weighted by molar-refractivity contribution is 6.17. The maximum atomic E-state index is 6.00. The molecule has 1 saturated heterocycles. The Bertz CT molecular complexity index is 394. The topological polar surface area (TPSA) is 19.4 Å². The van der Waals surface area contributed by atoms with Crippen LogP contribution in [0.4, 0.5) is 5.69 Å². The van der Waals surface area contributed by atoms with E-state index in [2.05, 4.69) is 34.8 Å². The minimum atomic E-state index is 0.525. The molecule has 1 aromatic rings. The lowest BCUT2D eigenvalue weighted by Crippen LogP contribution is -2.50. The maximum absolute atomic E-state index is 6.00. The largest absolute Gasteiger partial charge is 0.366 e. The smallest absolute Gasteiger partial charge is 0.0509 e. The van der Waals surface area contributed by atoms with Crippen LogP contribution in [0.25, 0.3) is 0 Å². The van der Waals surface area contributed by atoms with E-state index in [1.54, 1.807) is 0 Å². The number of piperazine rings is 1. The molecule has 0 radical (unpaired) electrons. The standard InChI is InChI=1S/C13H20ClN3/c1-10-6-13(12(7-14)8-15-10)17-5-4-16(3)9-11(17)2/h6,8,11H,4-5,7,9H2,1-3H3. The predicted octanol–water partition coefficient (Wildman–Crippen LogP) is 2.27. The number of anilines is 1. The molecular formula is C13H20ClN3. The van der Waals surface area contributed by atoms with Crippen molar-refractivity contribution in [2.75, 3.05) is 31.6 Å². The summed E-state index contributed by atoms with van der Waals surface area (Å²) in [5.74, 6) is 0.529. The SMILES string of the molecule is Cc1cc(N2CCN(C)CC2C)c(CCl)cn1. The third-order valence-corrected chi connectivity index (χ3v) is 3.67. The monoisotopic (exact) mass is 253 g/mol. The van der Waals surface area contributed by atoms with Gasteiger partial charge in [0.05, 0.1) is 5.88 Å². The number of likely N-dealkylation sites (N-methyl/N-ethyl adjacent to an activating group) is 1. The predicted molar refractivity (Wildman–Crippen MR) is 72.8 cm³/mol. The summed E-state index contributed by atoms with van der Waals surface area (Å²) in [6.07, 6.45) is 1.91. The van der Waals surface area contributed by atoms with Crippen LogP contribution in [-0.4, -0.2) is 42.6 Å². The summed E-state index contributed by atoms with van der Waals surface area (Å²) >= 11 is 6.00. The molecule has 0 spiro atoms. The second kappa shape index (κ2) is 5.23. The molecule has 94 valence electrons. The average molecular weight is 254 g/mol. The molecule has 0 amide bonds. The van der Waals surface area contributed by atoms with Gasteiger partial charge in [-0.1, -0.05) is 0 Å². The van der Waals surface area contributed by atoms with Crippen LogP contribution in [0, 0.1) is 6.92 Å². The lowest BCUT2D eigenvalue weighted by atomic mass is 10.1. The number of hydrogen-bond donors (Lipinski definition) is 0. The minimum Gasteiger partial charge on any atom is -0.366 e. The van der Waals surface area contributed by atoms with Gasteiger partial charge >= 0.3 is 0 Å². The lowest BCUT2D eigenvalue weighted by molar-refractivity contribution is 0.275. The van der Waals surface area contributed by atoms with Crippen molar-refractivity contribution in [2.45, 2.75) is 25.8 Å². The van der Waals surface area contributed by atoms with Crippen LogP contribution in [-0.2, 0) is 5.88 Å². The first-order chi connectivity index (χ1) is 8.11. The summed E-state index contributed by atoms with van der Waals surface area (Å²) in [5, 5.41) is 0. The Morgan fingerprint density at radius 1 is 1.47 bits per heavy atom. The van der Waals surface area contributed by atoms with Gasteiger partial charge in [0.25, 0.3) is 0 Å². The molecule has 0 bridgehead atoms. The lowest BCUT2D eigenvalue weighted by Gasteiger charge is -2.40. The first-order valence-electron chi connectivity index (χ1n) is 6.08. The van der Waals surface area contributed by atoms with Gasteiger partial charge in [-0.05, 0) is 27.0 Å². The van der Waals surface area contributed by atoms with Crippen LogP contribution in [0.5, 0.6) is 0 Å². The number of aryl methyl sites for hydroxylation is 1. The number of aromatic nitrogens is 1. The number of rotatable bonds is 2. The highest BCUT2D eigenvalue weighted by Crippen LogP contribution is 2.26. The van der Waals surface area contributed by atoms with Crippen molar-refractivity contribution in [1.82, 2.24) is 9.88 Å².